The Labute approximate surface area is 84.9 Å². The van der Waals surface area contributed by atoms with Gasteiger partial charge in [0, 0.05) is 12.7 Å². The molecule has 2 heterocycles. The fourth-order valence-electron chi connectivity index (χ4n) is 1.54. The summed E-state index contributed by atoms with van der Waals surface area (Å²) < 4.78 is 2.66. The summed E-state index contributed by atoms with van der Waals surface area (Å²) in [6, 6.07) is 2.06. The summed E-state index contributed by atoms with van der Waals surface area (Å²) in [5.41, 5.74) is 3.17. The topological polar surface area (TPSA) is 30.7 Å². The predicted molar refractivity (Wildman–Crippen MR) is 55.7 cm³/mol. The van der Waals surface area contributed by atoms with Gasteiger partial charge in [-0.1, -0.05) is 0 Å². The summed E-state index contributed by atoms with van der Waals surface area (Å²) >= 11 is 3.42. The summed E-state index contributed by atoms with van der Waals surface area (Å²) in [4.78, 5) is 4.43. The molecule has 0 fully saturated rings. The van der Waals surface area contributed by atoms with Crippen LogP contribution >= 0.6 is 15.9 Å². The van der Waals surface area contributed by atoms with E-state index in [4.69, 9.17) is 0 Å². The van der Waals surface area contributed by atoms with Crippen molar-refractivity contribution >= 4 is 27.0 Å². The first-order valence-electron chi connectivity index (χ1n) is 4.06. The maximum Gasteiger partial charge on any atom is 0.159 e. The number of pyridine rings is 1. The molecule has 0 amide bonds. The fourth-order valence-corrected chi connectivity index (χ4v) is 2.26. The highest BCUT2D eigenvalue weighted by Gasteiger charge is 2.09. The van der Waals surface area contributed by atoms with Crippen LogP contribution in [0.2, 0.25) is 0 Å². The normalized spacial score (nSPS) is 11.1. The van der Waals surface area contributed by atoms with E-state index in [0.29, 0.717) is 0 Å². The Morgan fingerprint density at radius 2 is 2.08 bits per heavy atom. The Morgan fingerprint density at radius 3 is 2.77 bits per heavy atom. The van der Waals surface area contributed by atoms with Crippen molar-refractivity contribution in [3.8, 4) is 0 Å². The molecule has 0 aliphatic carbocycles. The van der Waals surface area contributed by atoms with Gasteiger partial charge in [-0.05, 0) is 41.4 Å². The highest BCUT2D eigenvalue weighted by atomic mass is 79.9. The van der Waals surface area contributed by atoms with Crippen LogP contribution in [-0.4, -0.2) is 14.8 Å². The zero-order valence-electron chi connectivity index (χ0n) is 7.80. The van der Waals surface area contributed by atoms with Crippen LogP contribution in [0.4, 0.5) is 0 Å². The van der Waals surface area contributed by atoms with Crippen molar-refractivity contribution in [1.82, 2.24) is 14.8 Å². The van der Waals surface area contributed by atoms with Crippen molar-refractivity contribution < 1.29 is 0 Å². The van der Waals surface area contributed by atoms with Crippen LogP contribution in [0.5, 0.6) is 0 Å². The molecular weight excluding hydrogens is 230 g/mol. The number of aryl methyl sites for hydroxylation is 3. The largest absolute Gasteiger partial charge is 0.249 e. The molecule has 0 N–H and O–H groups in total. The molecule has 0 saturated heterocycles. The molecule has 0 aromatic carbocycles. The van der Waals surface area contributed by atoms with Crippen molar-refractivity contribution in [2.45, 2.75) is 13.8 Å². The van der Waals surface area contributed by atoms with Gasteiger partial charge in [-0.3, -0.25) is 0 Å². The molecule has 0 atom stereocenters. The van der Waals surface area contributed by atoms with E-state index >= 15 is 0 Å². The molecule has 0 saturated carbocycles. The van der Waals surface area contributed by atoms with Gasteiger partial charge in [-0.2, -0.15) is 5.10 Å². The Bertz CT molecular complexity index is 473. The van der Waals surface area contributed by atoms with Crippen molar-refractivity contribution in [3.05, 3.63) is 21.9 Å². The van der Waals surface area contributed by atoms with Gasteiger partial charge in [-0.25, -0.2) is 9.67 Å². The molecule has 0 radical (unpaired) electrons. The third-order valence-electron chi connectivity index (χ3n) is 2.08. The van der Waals surface area contributed by atoms with Crippen molar-refractivity contribution in [2.24, 2.45) is 7.05 Å². The van der Waals surface area contributed by atoms with Crippen molar-refractivity contribution in [1.29, 1.82) is 0 Å². The Hall–Kier alpha value is -0.900. The zero-order chi connectivity index (χ0) is 9.59. The van der Waals surface area contributed by atoms with Gasteiger partial charge in [-0.15, -0.1) is 0 Å². The summed E-state index contributed by atoms with van der Waals surface area (Å²) in [7, 11) is 1.90. The minimum Gasteiger partial charge on any atom is -0.249 e. The first-order chi connectivity index (χ1) is 6.09. The lowest BCUT2D eigenvalue weighted by Gasteiger charge is -1.98. The Balaban J connectivity index is 2.97. The van der Waals surface area contributed by atoms with E-state index in [0.717, 1.165) is 21.3 Å². The van der Waals surface area contributed by atoms with E-state index in [1.165, 1.54) is 5.56 Å². The maximum atomic E-state index is 4.43. The van der Waals surface area contributed by atoms with Gasteiger partial charge < -0.3 is 0 Å². The van der Waals surface area contributed by atoms with Gasteiger partial charge in [0.05, 0.1) is 5.39 Å². The molecule has 0 aliphatic heterocycles. The molecule has 13 heavy (non-hydrogen) atoms. The third-order valence-corrected chi connectivity index (χ3v) is 2.63. The number of aromatic nitrogens is 3. The summed E-state index contributed by atoms with van der Waals surface area (Å²) in [6.07, 6.45) is 0. The van der Waals surface area contributed by atoms with Gasteiger partial charge in [0.25, 0.3) is 0 Å². The maximum absolute atomic E-state index is 4.43. The smallest absolute Gasteiger partial charge is 0.159 e. The minimum absolute atomic E-state index is 0.870. The number of hydrogen-bond acceptors (Lipinski definition) is 2. The molecular formula is C9H10BrN3. The molecule has 2 aromatic rings. The number of fused-ring (bicyclic) bond motifs is 1. The van der Waals surface area contributed by atoms with E-state index in [1.807, 2.05) is 14.0 Å². The Morgan fingerprint density at radius 1 is 1.38 bits per heavy atom. The van der Waals surface area contributed by atoms with Gasteiger partial charge in [0.2, 0.25) is 0 Å². The van der Waals surface area contributed by atoms with E-state index in [-0.39, 0.29) is 0 Å². The lowest BCUT2D eigenvalue weighted by Crippen LogP contribution is -1.93. The van der Waals surface area contributed by atoms with Gasteiger partial charge in [0.1, 0.15) is 4.60 Å². The second kappa shape index (κ2) is 2.80. The number of rotatable bonds is 0. The molecule has 0 bridgehead atoms. The van der Waals surface area contributed by atoms with E-state index in [2.05, 4.69) is 39.0 Å². The quantitative estimate of drug-likeness (QED) is 0.707. The molecule has 4 heteroatoms. The zero-order valence-corrected chi connectivity index (χ0v) is 9.38. The lowest BCUT2D eigenvalue weighted by molar-refractivity contribution is 0.777. The molecule has 3 nitrogen and oxygen atoms in total. The van der Waals surface area contributed by atoms with E-state index in [1.54, 1.807) is 4.68 Å². The first kappa shape index (κ1) is 8.69. The summed E-state index contributed by atoms with van der Waals surface area (Å²) in [5.74, 6) is 0. The standard InChI is InChI=1S/C9H10BrN3/c1-5-4-6(2)11-9-7(5)8(10)12-13(9)3/h4H,1-3H3. The van der Waals surface area contributed by atoms with Crippen LogP contribution in [-0.2, 0) is 7.05 Å². The molecule has 0 spiro atoms. The van der Waals surface area contributed by atoms with Crippen LogP contribution in [0.3, 0.4) is 0 Å². The van der Waals surface area contributed by atoms with E-state index in [9.17, 15) is 0 Å². The first-order valence-corrected chi connectivity index (χ1v) is 4.85. The van der Waals surface area contributed by atoms with Crippen LogP contribution < -0.4 is 0 Å². The molecule has 0 aliphatic rings. The number of hydrogen-bond donors (Lipinski definition) is 0. The average Bonchev–Trinajstić information content (AvgIpc) is 2.27. The highest BCUT2D eigenvalue weighted by Crippen LogP contribution is 2.24. The second-order valence-electron chi connectivity index (χ2n) is 3.19. The van der Waals surface area contributed by atoms with E-state index < -0.39 is 0 Å². The highest BCUT2D eigenvalue weighted by molar-refractivity contribution is 9.10. The molecule has 2 rings (SSSR count). The van der Waals surface area contributed by atoms with Crippen molar-refractivity contribution in [3.63, 3.8) is 0 Å². The summed E-state index contributed by atoms with van der Waals surface area (Å²) in [6.45, 7) is 4.07. The van der Waals surface area contributed by atoms with Crippen LogP contribution in [0.15, 0.2) is 10.7 Å². The lowest BCUT2D eigenvalue weighted by atomic mass is 10.2. The average molecular weight is 240 g/mol. The Kier molecular flexibility index (Phi) is 1.87. The summed E-state index contributed by atoms with van der Waals surface area (Å²) in [5, 5.41) is 5.37. The monoisotopic (exact) mass is 239 g/mol. The minimum atomic E-state index is 0.870. The van der Waals surface area contributed by atoms with Crippen LogP contribution in [0.25, 0.3) is 11.0 Å². The second-order valence-corrected chi connectivity index (χ2v) is 3.94. The SMILES string of the molecule is Cc1cc(C)c2c(Br)nn(C)c2n1. The molecule has 2 aromatic heterocycles. The predicted octanol–water partition coefficient (Wildman–Crippen LogP) is 2.35. The molecule has 68 valence electrons. The molecule has 0 unspecified atom stereocenters. The van der Waals surface area contributed by atoms with Gasteiger partial charge in [0.15, 0.2) is 5.65 Å². The van der Waals surface area contributed by atoms with Crippen molar-refractivity contribution in [2.75, 3.05) is 0 Å². The fraction of sp³-hybridized carbons (Fsp3) is 0.333. The number of nitrogens with zero attached hydrogens (tertiary/aromatic N) is 3. The van der Waals surface area contributed by atoms with Crippen LogP contribution in [0.1, 0.15) is 11.3 Å². The van der Waals surface area contributed by atoms with Crippen LogP contribution in [0, 0.1) is 13.8 Å². The number of halogens is 1. The third kappa shape index (κ3) is 1.25. The van der Waals surface area contributed by atoms with Gasteiger partial charge >= 0.3 is 0 Å².